The van der Waals surface area contributed by atoms with Gasteiger partial charge in [0.1, 0.15) is 29.9 Å². The number of primary amides is 1. The highest BCUT2D eigenvalue weighted by Crippen LogP contribution is 2.11. The Morgan fingerprint density at radius 1 is 0.638 bits per heavy atom. The first-order valence-corrected chi connectivity index (χ1v) is 18.0. The van der Waals surface area contributed by atoms with E-state index in [-0.39, 0.29) is 63.3 Å². The van der Waals surface area contributed by atoms with E-state index in [0.717, 1.165) is 0 Å². The van der Waals surface area contributed by atoms with Gasteiger partial charge in [0.25, 0.3) is 0 Å². The summed E-state index contributed by atoms with van der Waals surface area (Å²) < 4.78 is 0. The normalized spacial score (nSPS) is 13.2. The van der Waals surface area contributed by atoms with Crippen LogP contribution in [0.4, 0.5) is 4.79 Å². The van der Waals surface area contributed by atoms with Gasteiger partial charge in [-0.25, -0.2) is 14.4 Å². The van der Waals surface area contributed by atoms with Crippen molar-refractivity contribution in [3.05, 3.63) is 65.7 Å². The Balaban J connectivity index is 2.05. The summed E-state index contributed by atoms with van der Waals surface area (Å²) in [5, 5.41) is 42.8. The van der Waals surface area contributed by atoms with E-state index < -0.39 is 90.7 Å². The van der Waals surface area contributed by atoms with Crippen molar-refractivity contribution >= 4 is 53.5 Å². The Bertz CT molecular complexity index is 1760. The summed E-state index contributed by atoms with van der Waals surface area (Å²) in [6.45, 7) is -0.713. The number of carbonyl (C=O) groups excluding carboxylic acids is 6. The molecule has 22 heteroatoms. The molecule has 2 aromatic carbocycles. The van der Waals surface area contributed by atoms with Crippen molar-refractivity contribution in [3.8, 4) is 5.75 Å². The van der Waals surface area contributed by atoms with Crippen LogP contribution >= 0.6 is 0 Å². The number of urea groups is 1. The summed E-state index contributed by atoms with van der Waals surface area (Å²) in [6, 6.07) is 6.82. The van der Waals surface area contributed by atoms with Crippen LogP contribution < -0.4 is 54.8 Å². The van der Waals surface area contributed by atoms with E-state index in [2.05, 4.69) is 36.9 Å². The Labute approximate surface area is 332 Å². The van der Waals surface area contributed by atoms with Crippen LogP contribution in [0.2, 0.25) is 0 Å². The lowest BCUT2D eigenvalue weighted by Gasteiger charge is -2.22. The van der Waals surface area contributed by atoms with Gasteiger partial charge in [-0.2, -0.15) is 0 Å². The molecule has 2 rings (SSSR count). The van der Waals surface area contributed by atoms with Crippen LogP contribution in [0.5, 0.6) is 5.75 Å². The van der Waals surface area contributed by atoms with Gasteiger partial charge in [-0.05, 0) is 55.4 Å². The molecule has 316 valence electrons. The van der Waals surface area contributed by atoms with Crippen LogP contribution in [0, 0.1) is 0 Å². The second-order valence-corrected chi connectivity index (χ2v) is 13.0. The summed E-state index contributed by atoms with van der Waals surface area (Å²) in [5.41, 5.74) is 23.1. The van der Waals surface area contributed by atoms with Gasteiger partial charge in [-0.3, -0.25) is 29.0 Å². The van der Waals surface area contributed by atoms with Crippen molar-refractivity contribution in [2.45, 2.75) is 75.2 Å². The number of rotatable bonds is 25. The molecule has 17 N–H and O–H groups in total. The molecule has 0 saturated carbocycles. The monoisotopic (exact) mass is 813 g/mol. The number of benzene rings is 2. The second kappa shape index (κ2) is 24.5. The van der Waals surface area contributed by atoms with Crippen LogP contribution in [0.15, 0.2) is 59.6 Å². The van der Waals surface area contributed by atoms with Crippen molar-refractivity contribution in [3.63, 3.8) is 0 Å². The van der Waals surface area contributed by atoms with Gasteiger partial charge in [0.15, 0.2) is 5.96 Å². The Morgan fingerprint density at radius 2 is 1.24 bits per heavy atom. The summed E-state index contributed by atoms with van der Waals surface area (Å²) in [7, 11) is 0. The molecule has 5 atom stereocenters. The summed E-state index contributed by atoms with van der Waals surface area (Å²) in [6.07, 6.45) is -0.663. The van der Waals surface area contributed by atoms with Gasteiger partial charge in [-0.1, -0.05) is 42.5 Å². The summed E-state index contributed by atoms with van der Waals surface area (Å²) >= 11 is 0. The number of phenolic OH excluding ortho intramolecular Hbond substituents is 1. The molecule has 0 saturated heterocycles. The molecule has 0 bridgehead atoms. The number of nitrogens with two attached hydrogens (primary N) is 4. The molecule has 0 aromatic heterocycles. The molecule has 0 fully saturated rings. The fraction of sp³-hybridized carbons (Fsp3) is 0.417. The minimum Gasteiger partial charge on any atom is -0.508 e. The highest BCUT2D eigenvalue weighted by molar-refractivity contribution is 5.94. The number of carbonyl (C=O) groups is 8. The van der Waals surface area contributed by atoms with Crippen LogP contribution in [-0.2, 0) is 46.4 Å². The number of carboxylic acids is 2. The van der Waals surface area contributed by atoms with E-state index in [1.807, 2.05) is 0 Å². The highest BCUT2D eigenvalue weighted by Gasteiger charge is 2.29. The lowest BCUT2D eigenvalue weighted by atomic mass is 10.0. The van der Waals surface area contributed by atoms with E-state index in [1.54, 1.807) is 42.5 Å². The zero-order valence-electron chi connectivity index (χ0n) is 31.5. The highest BCUT2D eigenvalue weighted by atomic mass is 16.4. The van der Waals surface area contributed by atoms with Crippen LogP contribution in [0.1, 0.15) is 43.2 Å². The Morgan fingerprint density at radius 3 is 1.84 bits per heavy atom. The second-order valence-electron chi connectivity index (χ2n) is 13.0. The van der Waals surface area contributed by atoms with Gasteiger partial charge in [0, 0.05) is 19.5 Å². The number of aromatic hydroxyl groups is 1. The number of nitrogens with one attached hydrogen (secondary N) is 6. The van der Waals surface area contributed by atoms with Gasteiger partial charge < -0.3 is 70.2 Å². The predicted octanol–water partition coefficient (Wildman–Crippen LogP) is -3.38. The number of aliphatic carboxylic acids is 2. The smallest absolute Gasteiger partial charge is 0.326 e. The number of hydrogen-bond acceptors (Lipinski definition) is 11. The van der Waals surface area contributed by atoms with E-state index in [9.17, 15) is 53.7 Å². The molecule has 22 nitrogen and oxygen atoms in total. The van der Waals surface area contributed by atoms with Crippen molar-refractivity contribution in [1.82, 2.24) is 31.9 Å². The SMILES string of the molecule is NC(=O)C[C@H](NC(=O)NCCC[C@@H](NC(=O)[C@@H](N)Cc1ccc(O)cc1)C(=O)NCC(=O)N[C@@H](Cc1ccccc1)C(=O)O)C(=O)N[C@@H](CCCN=C(N)N)C(=O)O. The number of aliphatic imine (C=N–C) groups is 1. The largest absolute Gasteiger partial charge is 0.508 e. The van der Waals surface area contributed by atoms with E-state index >= 15 is 0 Å². The van der Waals surface area contributed by atoms with Crippen molar-refractivity contribution in [2.75, 3.05) is 19.6 Å². The predicted molar refractivity (Wildman–Crippen MR) is 207 cm³/mol. The number of carboxylic acid groups (broad SMARTS) is 2. The number of hydrogen-bond donors (Lipinski definition) is 13. The summed E-state index contributed by atoms with van der Waals surface area (Å²) in [4.78, 5) is 104. The quantitative estimate of drug-likeness (QED) is 0.0264. The molecule has 2 aromatic rings. The molecule has 7 amide bonds. The molecular weight excluding hydrogens is 762 g/mol. The maximum atomic E-state index is 13.3. The molecular formula is C36H51N11O11. The van der Waals surface area contributed by atoms with E-state index in [1.165, 1.54) is 12.1 Å². The number of guanidine groups is 1. The maximum Gasteiger partial charge on any atom is 0.326 e. The maximum absolute atomic E-state index is 13.3. The molecule has 0 spiro atoms. The standard InChI is InChI=1S/C36H51N11O11/c37-23(16-21-10-12-22(48)13-11-21)30(51)45-24(31(52)43-19-29(50)44-27(34(56)57)17-20-6-2-1-3-7-20)8-4-15-42-36(58)47-26(18-28(38)49)32(53)46-25(33(54)55)9-5-14-41-35(39)40/h1-3,6-7,10-13,23-27,48H,4-5,8-9,14-19,37H2,(H2,38,49)(H,43,52)(H,44,50)(H,45,51)(H,46,53)(H,54,55)(H,56,57)(H4,39,40,41)(H2,42,47,58)/t23-,24+,25-,26-,27-/m0/s1. The van der Waals surface area contributed by atoms with Gasteiger partial charge in [0.2, 0.25) is 29.5 Å². The Hall–Kier alpha value is -6.97. The third-order valence-electron chi connectivity index (χ3n) is 8.24. The lowest BCUT2D eigenvalue weighted by molar-refractivity contribution is -0.142. The van der Waals surface area contributed by atoms with Crippen LogP contribution in [0.3, 0.4) is 0 Å². The number of nitrogens with zero attached hydrogens (tertiary/aromatic N) is 1. The molecule has 0 aliphatic rings. The zero-order valence-corrected chi connectivity index (χ0v) is 31.5. The first-order valence-electron chi connectivity index (χ1n) is 18.0. The van der Waals surface area contributed by atoms with Crippen molar-refractivity contribution < 1.29 is 53.7 Å². The van der Waals surface area contributed by atoms with Gasteiger partial charge in [0.05, 0.1) is 19.0 Å². The fourth-order valence-electron chi connectivity index (χ4n) is 5.27. The molecule has 0 heterocycles. The van der Waals surface area contributed by atoms with E-state index in [4.69, 9.17) is 22.9 Å². The third kappa shape index (κ3) is 18.6. The number of phenols is 1. The minimum atomic E-state index is -1.57. The van der Waals surface area contributed by atoms with Crippen LogP contribution in [0.25, 0.3) is 0 Å². The molecule has 0 radical (unpaired) electrons. The first kappa shape index (κ1) is 47.2. The van der Waals surface area contributed by atoms with Crippen molar-refractivity contribution in [1.29, 1.82) is 0 Å². The topological polar surface area (TPSA) is 386 Å². The van der Waals surface area contributed by atoms with Crippen molar-refractivity contribution in [2.24, 2.45) is 27.9 Å². The first-order chi connectivity index (χ1) is 27.4. The average molecular weight is 814 g/mol. The fourth-order valence-corrected chi connectivity index (χ4v) is 5.27. The third-order valence-corrected chi connectivity index (χ3v) is 8.24. The van der Waals surface area contributed by atoms with Crippen LogP contribution in [-0.4, -0.2) is 119 Å². The lowest BCUT2D eigenvalue weighted by Crippen LogP contribution is -2.55. The molecule has 0 unspecified atom stereocenters. The molecule has 58 heavy (non-hydrogen) atoms. The van der Waals surface area contributed by atoms with Gasteiger partial charge in [-0.15, -0.1) is 0 Å². The molecule has 0 aliphatic heterocycles. The summed E-state index contributed by atoms with van der Waals surface area (Å²) in [5.74, 6) is -7.26. The number of amides is 7. The van der Waals surface area contributed by atoms with Gasteiger partial charge >= 0.3 is 18.0 Å². The average Bonchev–Trinajstić information content (AvgIpc) is 3.16. The molecule has 0 aliphatic carbocycles. The minimum absolute atomic E-state index is 0.00496. The Kier molecular flexibility index (Phi) is 19.9. The zero-order chi connectivity index (χ0) is 43.2. The van der Waals surface area contributed by atoms with E-state index in [0.29, 0.717) is 11.1 Å².